The molecule has 0 aliphatic heterocycles. The van der Waals surface area contributed by atoms with Crippen molar-refractivity contribution in [3.8, 4) is 22.3 Å². The molecule has 0 saturated carbocycles. The van der Waals surface area contributed by atoms with E-state index in [9.17, 15) is 0 Å². The summed E-state index contributed by atoms with van der Waals surface area (Å²) in [6.45, 7) is 0. The number of hydrogen-bond donors (Lipinski definition) is 0. The van der Waals surface area contributed by atoms with Gasteiger partial charge in [-0.2, -0.15) is 0 Å². The van der Waals surface area contributed by atoms with Crippen LogP contribution in [-0.2, 0) is 0 Å². The van der Waals surface area contributed by atoms with E-state index in [1.54, 1.807) is 0 Å². The first-order chi connectivity index (χ1) is 26.3. The maximum atomic E-state index is 2.47. The van der Waals surface area contributed by atoms with Gasteiger partial charge in [0, 0.05) is 57.7 Å². The molecule has 0 radical (unpaired) electrons. The largest absolute Gasteiger partial charge is 0.308 e. The number of anilines is 3. The van der Waals surface area contributed by atoms with E-state index in [0.29, 0.717) is 0 Å². The predicted octanol–water partition coefficient (Wildman–Crippen LogP) is 15.5. The lowest BCUT2D eigenvalue weighted by atomic mass is 9.93. The summed E-state index contributed by atoms with van der Waals surface area (Å²) in [4.78, 5) is 2.45. The molecule has 0 aliphatic rings. The summed E-state index contributed by atoms with van der Waals surface area (Å²) in [6, 6.07) is 68.9. The summed E-state index contributed by atoms with van der Waals surface area (Å²) in [7, 11) is 0. The molecule has 0 atom stereocenters. The lowest BCUT2D eigenvalue weighted by Crippen LogP contribution is -2.10. The first-order valence-corrected chi connectivity index (χ1v) is 19.6. The van der Waals surface area contributed by atoms with Crippen molar-refractivity contribution in [2.75, 3.05) is 4.90 Å². The number of rotatable bonds is 5. The van der Waals surface area contributed by atoms with Crippen molar-refractivity contribution in [1.82, 2.24) is 0 Å². The van der Waals surface area contributed by atoms with Crippen LogP contribution in [0.3, 0.4) is 0 Å². The van der Waals surface area contributed by atoms with Gasteiger partial charge in [-0.15, -0.1) is 22.7 Å². The molecule has 11 rings (SSSR count). The lowest BCUT2D eigenvalue weighted by Gasteiger charge is -2.27. The molecule has 0 bridgehead atoms. The molecular weight excluding hydrogens is 679 g/mol. The molecule has 248 valence electrons. The summed E-state index contributed by atoms with van der Waals surface area (Å²) in [5.41, 5.74) is 8.63. The number of fused-ring (bicyclic) bond motifs is 9. The smallest absolute Gasteiger partial charge is 0.0640 e. The highest BCUT2D eigenvalue weighted by Gasteiger charge is 2.22. The third kappa shape index (κ3) is 4.75. The summed E-state index contributed by atoms with van der Waals surface area (Å²) in [5, 5.41) is 10.3. The molecular formula is C50H31NS2. The Hall–Kier alpha value is -6.26. The highest BCUT2D eigenvalue weighted by Crippen LogP contribution is 2.51. The number of benzene rings is 9. The van der Waals surface area contributed by atoms with E-state index < -0.39 is 0 Å². The van der Waals surface area contributed by atoms with Gasteiger partial charge in [0.15, 0.2) is 0 Å². The van der Waals surface area contributed by atoms with Crippen LogP contribution in [0.4, 0.5) is 17.1 Å². The fourth-order valence-corrected chi connectivity index (χ4v) is 10.9. The third-order valence-electron chi connectivity index (χ3n) is 10.6. The SMILES string of the molecule is c1ccc(-c2cccc3sc4c(-c5cc6c7cccc(N(c8ccccc8)c8cccc9ccccc89)c7sc6c6ccccc56)cccc4c23)cc1. The van der Waals surface area contributed by atoms with Crippen molar-refractivity contribution >= 4 is 102 Å². The molecule has 0 fully saturated rings. The second-order valence-electron chi connectivity index (χ2n) is 13.6. The van der Waals surface area contributed by atoms with Crippen molar-refractivity contribution < 1.29 is 0 Å². The minimum absolute atomic E-state index is 1.14. The molecule has 0 amide bonds. The van der Waals surface area contributed by atoms with Gasteiger partial charge in [0.25, 0.3) is 0 Å². The Bertz CT molecular complexity index is 3170. The van der Waals surface area contributed by atoms with E-state index in [1.807, 2.05) is 22.7 Å². The monoisotopic (exact) mass is 709 g/mol. The van der Waals surface area contributed by atoms with Gasteiger partial charge in [0.2, 0.25) is 0 Å². The molecule has 0 spiro atoms. The molecule has 53 heavy (non-hydrogen) atoms. The summed E-state index contributed by atoms with van der Waals surface area (Å²) >= 11 is 3.82. The van der Waals surface area contributed by atoms with Crippen LogP contribution >= 0.6 is 22.7 Å². The summed E-state index contributed by atoms with van der Waals surface area (Å²) in [6.07, 6.45) is 0. The Morgan fingerprint density at radius 2 is 0.943 bits per heavy atom. The third-order valence-corrected chi connectivity index (χ3v) is 13.1. The van der Waals surface area contributed by atoms with Crippen LogP contribution in [0.2, 0.25) is 0 Å². The number of hydrogen-bond acceptors (Lipinski definition) is 3. The predicted molar refractivity (Wildman–Crippen MR) is 233 cm³/mol. The van der Waals surface area contributed by atoms with Crippen LogP contribution in [0.1, 0.15) is 0 Å². The zero-order chi connectivity index (χ0) is 34.9. The van der Waals surface area contributed by atoms with Crippen LogP contribution in [-0.4, -0.2) is 0 Å². The van der Waals surface area contributed by atoms with Gasteiger partial charge in [-0.05, 0) is 63.9 Å². The number of para-hydroxylation sites is 1. The van der Waals surface area contributed by atoms with Gasteiger partial charge in [-0.25, -0.2) is 0 Å². The van der Waals surface area contributed by atoms with Gasteiger partial charge in [0.1, 0.15) is 0 Å². The van der Waals surface area contributed by atoms with E-state index >= 15 is 0 Å². The molecule has 2 aromatic heterocycles. The minimum Gasteiger partial charge on any atom is -0.308 e. The van der Waals surface area contributed by atoms with E-state index in [-0.39, 0.29) is 0 Å². The topological polar surface area (TPSA) is 3.24 Å². The fraction of sp³-hybridized carbons (Fsp3) is 0. The minimum atomic E-state index is 1.14. The van der Waals surface area contributed by atoms with Crippen LogP contribution in [0.15, 0.2) is 188 Å². The van der Waals surface area contributed by atoms with Gasteiger partial charge < -0.3 is 4.90 Å². The summed E-state index contributed by atoms with van der Waals surface area (Å²) < 4.78 is 5.27. The Labute approximate surface area is 315 Å². The molecule has 0 N–H and O–H groups in total. The molecule has 1 nitrogen and oxygen atoms in total. The molecule has 9 aromatic carbocycles. The average molecular weight is 710 g/mol. The second kappa shape index (κ2) is 12.2. The molecule has 0 unspecified atom stereocenters. The highest BCUT2D eigenvalue weighted by atomic mass is 32.1. The van der Waals surface area contributed by atoms with E-state index in [2.05, 4.69) is 193 Å². The van der Waals surface area contributed by atoms with Crippen LogP contribution in [0, 0.1) is 0 Å². The number of thiophene rings is 2. The Kier molecular flexibility index (Phi) is 6.97. The average Bonchev–Trinajstić information content (AvgIpc) is 3.81. The second-order valence-corrected chi connectivity index (χ2v) is 15.7. The van der Waals surface area contributed by atoms with E-state index in [0.717, 1.165) is 5.69 Å². The van der Waals surface area contributed by atoms with Crippen molar-refractivity contribution in [2.24, 2.45) is 0 Å². The molecule has 2 heterocycles. The Morgan fingerprint density at radius 1 is 0.340 bits per heavy atom. The van der Waals surface area contributed by atoms with Gasteiger partial charge in [-0.1, -0.05) is 152 Å². The first kappa shape index (κ1) is 30.4. The van der Waals surface area contributed by atoms with Crippen LogP contribution in [0.5, 0.6) is 0 Å². The standard InChI is InChI=1S/C50H31NS2/c1-3-15-33(16-4-1)36-24-14-30-46-47(36)41-27-12-25-39(48(41)52-46)42-31-43-40-26-13-29-45(50(40)53-49(43)38-23-10-9-22-37(38)42)51(34-19-5-2-6-20-34)44-28-11-18-32-17-7-8-21-35(32)44/h1-31H. The van der Waals surface area contributed by atoms with Crippen molar-refractivity contribution in [1.29, 1.82) is 0 Å². The maximum absolute atomic E-state index is 2.47. The Morgan fingerprint density at radius 3 is 1.81 bits per heavy atom. The zero-order valence-corrected chi connectivity index (χ0v) is 30.3. The maximum Gasteiger partial charge on any atom is 0.0640 e. The van der Waals surface area contributed by atoms with Crippen molar-refractivity contribution in [2.45, 2.75) is 0 Å². The zero-order valence-electron chi connectivity index (χ0n) is 28.7. The van der Waals surface area contributed by atoms with Gasteiger partial charge in [0.05, 0.1) is 16.1 Å². The quantitative estimate of drug-likeness (QED) is 0.172. The van der Waals surface area contributed by atoms with Gasteiger partial charge >= 0.3 is 0 Å². The van der Waals surface area contributed by atoms with Crippen LogP contribution < -0.4 is 4.90 Å². The van der Waals surface area contributed by atoms with E-state index in [1.165, 1.54) is 95.5 Å². The molecule has 0 aliphatic carbocycles. The van der Waals surface area contributed by atoms with Crippen molar-refractivity contribution in [3.05, 3.63) is 188 Å². The molecule has 11 aromatic rings. The normalized spacial score (nSPS) is 11.8. The summed E-state index contributed by atoms with van der Waals surface area (Å²) in [5.74, 6) is 0. The lowest BCUT2D eigenvalue weighted by molar-refractivity contribution is 1.32. The number of nitrogens with zero attached hydrogens (tertiary/aromatic N) is 1. The van der Waals surface area contributed by atoms with Gasteiger partial charge in [-0.3, -0.25) is 0 Å². The fourth-order valence-electron chi connectivity index (χ4n) is 8.31. The van der Waals surface area contributed by atoms with E-state index in [4.69, 9.17) is 0 Å². The molecule has 3 heteroatoms. The Balaban J connectivity index is 1.18. The van der Waals surface area contributed by atoms with Crippen LogP contribution in [0.25, 0.3) is 84.1 Å². The highest BCUT2D eigenvalue weighted by molar-refractivity contribution is 7.27. The molecule has 0 saturated heterocycles. The van der Waals surface area contributed by atoms with Crippen molar-refractivity contribution in [3.63, 3.8) is 0 Å². The first-order valence-electron chi connectivity index (χ1n) is 18.0.